The van der Waals surface area contributed by atoms with Gasteiger partial charge in [0.05, 0.1) is 17.1 Å². The maximum Gasteiger partial charge on any atom is 0.264 e. The van der Waals surface area contributed by atoms with E-state index in [4.69, 9.17) is 4.74 Å². The zero-order chi connectivity index (χ0) is 24.8. The van der Waals surface area contributed by atoms with Crippen molar-refractivity contribution in [3.8, 4) is 5.75 Å². The molecule has 0 atom stereocenters. The van der Waals surface area contributed by atoms with Gasteiger partial charge in [0.1, 0.15) is 24.7 Å². The molecule has 8 heteroatoms. The molecule has 0 saturated carbocycles. The predicted octanol–water partition coefficient (Wildman–Crippen LogP) is 4.51. The Morgan fingerprint density at radius 2 is 1.56 bits per heavy atom. The number of rotatable bonds is 9. The van der Waals surface area contributed by atoms with Gasteiger partial charge in [-0.2, -0.15) is 0 Å². The molecule has 0 saturated heterocycles. The van der Waals surface area contributed by atoms with Gasteiger partial charge in [-0.25, -0.2) is 12.8 Å². The number of hydrogen-bond donors (Lipinski definition) is 1. The van der Waals surface area contributed by atoms with E-state index in [0.29, 0.717) is 0 Å². The van der Waals surface area contributed by atoms with Crippen LogP contribution in [0, 0.1) is 5.82 Å². The Labute approximate surface area is 200 Å². The average Bonchev–Trinajstić information content (AvgIpc) is 2.81. The number of nitrogens with one attached hydrogen (secondary N) is 1. The van der Waals surface area contributed by atoms with Crippen LogP contribution in [0.5, 0.6) is 5.75 Å². The van der Waals surface area contributed by atoms with Crippen LogP contribution in [0.25, 0.3) is 0 Å². The van der Waals surface area contributed by atoms with Crippen molar-refractivity contribution in [2.45, 2.75) is 31.1 Å². The van der Waals surface area contributed by atoms with Crippen LogP contribution in [0.15, 0.2) is 83.8 Å². The van der Waals surface area contributed by atoms with Crippen molar-refractivity contribution in [2.24, 2.45) is 0 Å². The van der Waals surface area contributed by atoms with Crippen molar-refractivity contribution in [1.82, 2.24) is 5.32 Å². The molecular formula is C26H29FN2O4S. The number of anilines is 1. The minimum Gasteiger partial charge on any atom is -0.491 e. The number of halogens is 1. The maximum atomic E-state index is 13.4. The molecule has 3 aromatic carbocycles. The molecule has 0 fully saturated rings. The van der Waals surface area contributed by atoms with Gasteiger partial charge in [0.15, 0.2) is 0 Å². The topological polar surface area (TPSA) is 75.7 Å². The first-order valence-electron chi connectivity index (χ1n) is 10.9. The molecule has 0 aliphatic carbocycles. The van der Waals surface area contributed by atoms with E-state index in [1.807, 2.05) is 24.3 Å². The maximum absolute atomic E-state index is 13.4. The summed E-state index contributed by atoms with van der Waals surface area (Å²) in [4.78, 5) is 12.7. The number of benzene rings is 3. The SMILES string of the molecule is CC(C)(C)c1ccccc1OCCNC(=O)CN(c1ccc(F)cc1)S(=O)(=O)c1ccccc1. The molecule has 0 aromatic heterocycles. The van der Waals surface area contributed by atoms with E-state index in [0.717, 1.165) is 27.8 Å². The Hall–Kier alpha value is -3.39. The Kier molecular flexibility index (Phi) is 7.94. The summed E-state index contributed by atoms with van der Waals surface area (Å²) < 4.78 is 46.7. The molecule has 0 radical (unpaired) electrons. The molecule has 0 unspecified atom stereocenters. The predicted molar refractivity (Wildman–Crippen MR) is 131 cm³/mol. The summed E-state index contributed by atoms with van der Waals surface area (Å²) in [7, 11) is -4.04. The fraction of sp³-hybridized carbons (Fsp3) is 0.269. The Morgan fingerprint density at radius 1 is 0.941 bits per heavy atom. The van der Waals surface area contributed by atoms with E-state index in [-0.39, 0.29) is 29.1 Å². The largest absolute Gasteiger partial charge is 0.491 e. The number of ether oxygens (including phenoxy) is 1. The van der Waals surface area contributed by atoms with Crippen LogP contribution in [0.4, 0.5) is 10.1 Å². The van der Waals surface area contributed by atoms with Crippen molar-refractivity contribution in [3.63, 3.8) is 0 Å². The van der Waals surface area contributed by atoms with E-state index in [2.05, 4.69) is 26.1 Å². The lowest BCUT2D eigenvalue weighted by Gasteiger charge is -2.24. The molecule has 6 nitrogen and oxygen atoms in total. The van der Waals surface area contributed by atoms with Crippen LogP contribution < -0.4 is 14.4 Å². The van der Waals surface area contributed by atoms with Gasteiger partial charge in [0, 0.05) is 0 Å². The van der Waals surface area contributed by atoms with Crippen molar-refractivity contribution >= 4 is 21.6 Å². The van der Waals surface area contributed by atoms with Crippen LogP contribution >= 0.6 is 0 Å². The lowest BCUT2D eigenvalue weighted by molar-refractivity contribution is -0.119. The zero-order valence-electron chi connectivity index (χ0n) is 19.5. The third kappa shape index (κ3) is 6.35. The first kappa shape index (κ1) is 25.2. The molecule has 0 heterocycles. The molecule has 180 valence electrons. The number of para-hydroxylation sites is 1. The highest BCUT2D eigenvalue weighted by Gasteiger charge is 2.27. The van der Waals surface area contributed by atoms with Crippen LogP contribution in [0.3, 0.4) is 0 Å². The van der Waals surface area contributed by atoms with E-state index < -0.39 is 28.3 Å². The van der Waals surface area contributed by atoms with Gasteiger partial charge in [-0.15, -0.1) is 0 Å². The molecular weight excluding hydrogens is 455 g/mol. The second-order valence-electron chi connectivity index (χ2n) is 8.75. The highest BCUT2D eigenvalue weighted by atomic mass is 32.2. The van der Waals surface area contributed by atoms with E-state index in [1.165, 1.54) is 24.3 Å². The molecule has 34 heavy (non-hydrogen) atoms. The Balaban J connectivity index is 1.68. The second-order valence-corrected chi connectivity index (χ2v) is 10.6. The van der Waals surface area contributed by atoms with Crippen LogP contribution in [-0.2, 0) is 20.2 Å². The lowest BCUT2D eigenvalue weighted by atomic mass is 9.86. The van der Waals surface area contributed by atoms with Crippen LogP contribution in [0.2, 0.25) is 0 Å². The molecule has 0 aliphatic rings. The third-order valence-corrected chi connectivity index (χ3v) is 6.90. The summed E-state index contributed by atoms with van der Waals surface area (Å²) in [6.45, 7) is 6.23. The lowest BCUT2D eigenvalue weighted by Crippen LogP contribution is -2.42. The number of hydrogen-bond acceptors (Lipinski definition) is 4. The zero-order valence-corrected chi connectivity index (χ0v) is 20.3. The number of nitrogens with zero attached hydrogens (tertiary/aromatic N) is 1. The summed E-state index contributed by atoms with van der Waals surface area (Å²) in [5.41, 5.74) is 1.15. The van der Waals surface area contributed by atoms with E-state index in [1.54, 1.807) is 18.2 Å². The summed E-state index contributed by atoms with van der Waals surface area (Å²) in [5.74, 6) is -0.265. The number of sulfonamides is 1. The molecule has 3 rings (SSSR count). The first-order chi connectivity index (χ1) is 16.1. The smallest absolute Gasteiger partial charge is 0.264 e. The van der Waals surface area contributed by atoms with Crippen molar-refractivity contribution in [3.05, 3.63) is 90.2 Å². The van der Waals surface area contributed by atoms with Gasteiger partial charge in [0.25, 0.3) is 10.0 Å². The van der Waals surface area contributed by atoms with Gasteiger partial charge in [0.2, 0.25) is 5.91 Å². The van der Waals surface area contributed by atoms with E-state index in [9.17, 15) is 17.6 Å². The summed E-state index contributed by atoms with van der Waals surface area (Å²) >= 11 is 0. The van der Waals surface area contributed by atoms with Crippen LogP contribution in [-0.4, -0.2) is 34.0 Å². The molecule has 0 bridgehead atoms. The summed E-state index contributed by atoms with van der Waals surface area (Å²) in [5, 5.41) is 2.70. The second kappa shape index (κ2) is 10.7. The quantitative estimate of drug-likeness (QED) is 0.454. The van der Waals surface area contributed by atoms with Gasteiger partial charge >= 0.3 is 0 Å². The molecule has 0 aliphatic heterocycles. The first-order valence-corrected chi connectivity index (χ1v) is 12.4. The molecule has 1 amide bonds. The minimum atomic E-state index is -4.04. The van der Waals surface area contributed by atoms with Crippen LogP contribution in [0.1, 0.15) is 26.3 Å². The minimum absolute atomic E-state index is 0.0363. The van der Waals surface area contributed by atoms with Gasteiger partial charge in [-0.1, -0.05) is 57.2 Å². The van der Waals surface area contributed by atoms with Crippen molar-refractivity contribution < 1.29 is 22.3 Å². The highest BCUT2D eigenvalue weighted by molar-refractivity contribution is 7.92. The fourth-order valence-electron chi connectivity index (χ4n) is 3.39. The van der Waals surface area contributed by atoms with E-state index >= 15 is 0 Å². The van der Waals surface area contributed by atoms with Gasteiger partial charge in [-0.3, -0.25) is 9.10 Å². The average molecular weight is 485 g/mol. The molecule has 1 N–H and O–H groups in total. The number of amides is 1. The van der Waals surface area contributed by atoms with Crippen molar-refractivity contribution in [1.29, 1.82) is 0 Å². The monoisotopic (exact) mass is 484 g/mol. The Morgan fingerprint density at radius 3 is 2.21 bits per heavy atom. The van der Waals surface area contributed by atoms with Gasteiger partial charge < -0.3 is 10.1 Å². The fourth-order valence-corrected chi connectivity index (χ4v) is 4.83. The molecule has 0 spiro atoms. The summed E-state index contributed by atoms with van der Waals surface area (Å²) in [6.07, 6.45) is 0. The third-order valence-electron chi connectivity index (χ3n) is 5.11. The summed E-state index contributed by atoms with van der Waals surface area (Å²) in [6, 6.07) is 20.5. The highest BCUT2D eigenvalue weighted by Crippen LogP contribution is 2.30. The van der Waals surface area contributed by atoms with Crippen molar-refractivity contribution in [2.75, 3.05) is 24.0 Å². The normalized spacial score (nSPS) is 11.6. The number of carbonyl (C=O) groups is 1. The van der Waals surface area contributed by atoms with Gasteiger partial charge in [-0.05, 0) is 53.4 Å². The molecule has 3 aromatic rings. The Bertz CT molecular complexity index is 1210. The standard InChI is InChI=1S/C26H29FN2O4S/c1-26(2,3)23-11-7-8-12-24(23)33-18-17-28-25(30)19-29(21-15-13-20(27)14-16-21)34(31,32)22-9-5-4-6-10-22/h4-16H,17-19H2,1-3H3,(H,28,30). The number of carbonyl (C=O) groups excluding carboxylic acids is 1.